The van der Waals surface area contributed by atoms with Crippen molar-refractivity contribution in [2.75, 3.05) is 6.54 Å². The Bertz CT molecular complexity index is 673. The summed E-state index contributed by atoms with van der Waals surface area (Å²) in [5.74, 6) is 0.714. The van der Waals surface area contributed by atoms with E-state index in [1.165, 1.54) is 4.80 Å². The van der Waals surface area contributed by atoms with Crippen LogP contribution in [0.2, 0.25) is 0 Å². The summed E-state index contributed by atoms with van der Waals surface area (Å²) in [4.78, 5) is 13.7. The van der Waals surface area contributed by atoms with Gasteiger partial charge in [0, 0.05) is 12.1 Å². The van der Waals surface area contributed by atoms with E-state index in [2.05, 4.69) is 20.7 Å². The third-order valence-corrected chi connectivity index (χ3v) is 4.51. The van der Waals surface area contributed by atoms with E-state index in [1.54, 1.807) is 6.92 Å². The van der Waals surface area contributed by atoms with Crippen molar-refractivity contribution in [3.8, 4) is 11.4 Å². The molecule has 2 N–H and O–H groups in total. The first-order valence-electron chi connectivity index (χ1n) is 8.44. The van der Waals surface area contributed by atoms with Gasteiger partial charge >= 0.3 is 0 Å². The quantitative estimate of drug-likeness (QED) is 0.868. The summed E-state index contributed by atoms with van der Waals surface area (Å²) in [6, 6.07) is 9.02. The second kappa shape index (κ2) is 7.53. The van der Waals surface area contributed by atoms with Crippen LogP contribution in [-0.4, -0.2) is 43.9 Å². The van der Waals surface area contributed by atoms with Crippen LogP contribution >= 0.6 is 0 Å². The molecule has 7 heteroatoms. The molecule has 2 aromatic rings. The van der Waals surface area contributed by atoms with Gasteiger partial charge in [-0.2, -0.15) is 4.80 Å². The zero-order chi connectivity index (χ0) is 16.9. The van der Waals surface area contributed by atoms with Crippen LogP contribution in [-0.2, 0) is 4.79 Å². The van der Waals surface area contributed by atoms with Gasteiger partial charge in [0.05, 0.1) is 6.10 Å². The summed E-state index contributed by atoms with van der Waals surface area (Å²) in [6.07, 6.45) is 3.46. The van der Waals surface area contributed by atoms with Crippen molar-refractivity contribution in [2.45, 2.75) is 44.8 Å². The van der Waals surface area contributed by atoms with Gasteiger partial charge in [0.25, 0.3) is 0 Å². The first-order valence-corrected chi connectivity index (χ1v) is 8.44. The maximum atomic E-state index is 12.3. The highest BCUT2D eigenvalue weighted by molar-refractivity contribution is 5.79. The molecule has 128 valence electrons. The number of hydrogen-bond donors (Lipinski definition) is 2. The predicted octanol–water partition coefficient (Wildman–Crippen LogP) is 1.57. The monoisotopic (exact) mass is 329 g/mol. The van der Waals surface area contributed by atoms with Gasteiger partial charge in [-0.05, 0) is 37.3 Å². The van der Waals surface area contributed by atoms with E-state index in [0.29, 0.717) is 18.3 Å². The molecular formula is C17H23N5O2. The maximum Gasteiger partial charge on any atom is 0.246 e. The van der Waals surface area contributed by atoms with E-state index in [0.717, 1.165) is 31.2 Å². The Morgan fingerprint density at radius 2 is 2.17 bits per heavy atom. The zero-order valence-electron chi connectivity index (χ0n) is 13.8. The molecule has 0 aliphatic heterocycles. The second-order valence-electron chi connectivity index (χ2n) is 6.41. The number of rotatable bonds is 5. The topological polar surface area (TPSA) is 92.9 Å². The minimum Gasteiger partial charge on any atom is -0.393 e. The van der Waals surface area contributed by atoms with Gasteiger partial charge in [-0.25, -0.2) is 0 Å². The minimum absolute atomic E-state index is 0.132. The van der Waals surface area contributed by atoms with Crippen molar-refractivity contribution in [3.63, 3.8) is 0 Å². The molecule has 1 heterocycles. The molecule has 1 aliphatic rings. The molecule has 1 fully saturated rings. The van der Waals surface area contributed by atoms with Gasteiger partial charge in [0.15, 0.2) is 0 Å². The van der Waals surface area contributed by atoms with Crippen LogP contribution in [0.15, 0.2) is 30.3 Å². The molecule has 1 aromatic heterocycles. The van der Waals surface area contributed by atoms with Crippen molar-refractivity contribution in [1.82, 2.24) is 25.5 Å². The Labute approximate surface area is 141 Å². The number of carbonyl (C=O) groups excluding carboxylic acids is 1. The van der Waals surface area contributed by atoms with Crippen LogP contribution < -0.4 is 5.32 Å². The van der Waals surface area contributed by atoms with E-state index < -0.39 is 6.04 Å². The number of nitrogens with one attached hydrogen (secondary N) is 1. The number of benzene rings is 1. The molecule has 24 heavy (non-hydrogen) atoms. The molecule has 0 spiro atoms. The Morgan fingerprint density at radius 1 is 1.38 bits per heavy atom. The molecule has 0 saturated heterocycles. The normalized spacial score (nSPS) is 22.1. The van der Waals surface area contributed by atoms with Crippen LogP contribution in [0.4, 0.5) is 0 Å². The fourth-order valence-electron chi connectivity index (χ4n) is 3.04. The average Bonchev–Trinajstić information content (AvgIpc) is 3.10. The van der Waals surface area contributed by atoms with Crippen LogP contribution in [0.1, 0.15) is 38.6 Å². The first kappa shape index (κ1) is 16.6. The van der Waals surface area contributed by atoms with Crippen LogP contribution in [0.3, 0.4) is 0 Å². The fraction of sp³-hybridized carbons (Fsp3) is 0.529. The summed E-state index contributed by atoms with van der Waals surface area (Å²) < 4.78 is 0. The lowest BCUT2D eigenvalue weighted by Gasteiger charge is -2.26. The lowest BCUT2D eigenvalue weighted by molar-refractivity contribution is -0.124. The molecule has 3 rings (SSSR count). The molecule has 1 amide bonds. The Hall–Kier alpha value is -2.28. The highest BCUT2D eigenvalue weighted by atomic mass is 16.3. The van der Waals surface area contributed by atoms with Crippen LogP contribution in [0.25, 0.3) is 11.4 Å². The van der Waals surface area contributed by atoms with Crippen molar-refractivity contribution >= 4 is 5.91 Å². The van der Waals surface area contributed by atoms with Gasteiger partial charge in [-0.1, -0.05) is 36.8 Å². The molecule has 1 saturated carbocycles. The molecule has 0 bridgehead atoms. The van der Waals surface area contributed by atoms with Crippen molar-refractivity contribution in [1.29, 1.82) is 0 Å². The second-order valence-corrected chi connectivity index (χ2v) is 6.41. The van der Waals surface area contributed by atoms with Gasteiger partial charge in [-0.3, -0.25) is 4.79 Å². The number of hydrogen-bond acceptors (Lipinski definition) is 5. The first-order chi connectivity index (χ1) is 11.6. The van der Waals surface area contributed by atoms with E-state index in [9.17, 15) is 9.90 Å². The van der Waals surface area contributed by atoms with E-state index in [-0.39, 0.29) is 12.0 Å². The molecule has 3 unspecified atom stereocenters. The van der Waals surface area contributed by atoms with E-state index >= 15 is 0 Å². The molecular weight excluding hydrogens is 306 g/mol. The summed E-state index contributed by atoms with van der Waals surface area (Å²) in [7, 11) is 0. The molecule has 0 radical (unpaired) electrons. The number of tetrazole rings is 1. The lowest BCUT2D eigenvalue weighted by Crippen LogP contribution is -2.37. The highest BCUT2D eigenvalue weighted by Crippen LogP contribution is 2.23. The number of aliphatic hydroxyl groups excluding tert-OH is 1. The predicted molar refractivity (Wildman–Crippen MR) is 88.9 cm³/mol. The van der Waals surface area contributed by atoms with E-state index in [1.807, 2.05) is 30.3 Å². The van der Waals surface area contributed by atoms with Gasteiger partial charge < -0.3 is 10.4 Å². The largest absolute Gasteiger partial charge is 0.393 e. The number of nitrogens with zero attached hydrogens (tertiary/aromatic N) is 4. The number of amides is 1. The summed E-state index contributed by atoms with van der Waals surface area (Å²) in [5.41, 5.74) is 0.868. The maximum absolute atomic E-state index is 12.3. The Kier molecular flexibility index (Phi) is 5.20. The average molecular weight is 329 g/mol. The summed E-state index contributed by atoms with van der Waals surface area (Å²) >= 11 is 0. The molecule has 3 atom stereocenters. The number of aliphatic hydroxyl groups is 1. The summed E-state index contributed by atoms with van der Waals surface area (Å²) in [6.45, 7) is 2.34. The van der Waals surface area contributed by atoms with Crippen molar-refractivity contribution in [2.24, 2.45) is 5.92 Å². The lowest BCUT2D eigenvalue weighted by atomic mass is 9.87. The Morgan fingerprint density at radius 3 is 2.92 bits per heavy atom. The Balaban J connectivity index is 1.57. The third-order valence-electron chi connectivity index (χ3n) is 4.51. The molecule has 7 nitrogen and oxygen atoms in total. The van der Waals surface area contributed by atoms with Crippen LogP contribution in [0, 0.1) is 5.92 Å². The molecule has 1 aromatic carbocycles. The SMILES string of the molecule is CC(C(=O)NCC1CCCC(O)C1)n1nnc(-c2ccccc2)n1. The highest BCUT2D eigenvalue weighted by Gasteiger charge is 2.23. The van der Waals surface area contributed by atoms with Gasteiger partial charge in [0.1, 0.15) is 6.04 Å². The fourth-order valence-corrected chi connectivity index (χ4v) is 3.04. The third kappa shape index (κ3) is 3.97. The summed E-state index contributed by atoms with van der Waals surface area (Å²) in [5, 5.41) is 25.0. The zero-order valence-corrected chi connectivity index (χ0v) is 13.8. The molecule has 1 aliphatic carbocycles. The number of aromatic nitrogens is 4. The minimum atomic E-state index is -0.525. The van der Waals surface area contributed by atoms with Gasteiger partial charge in [0.2, 0.25) is 11.7 Å². The van der Waals surface area contributed by atoms with E-state index in [4.69, 9.17) is 0 Å². The standard InChI is InChI=1S/C17H23N5O2/c1-12(17(24)18-11-13-6-5-9-15(23)10-13)22-20-16(19-21-22)14-7-3-2-4-8-14/h2-4,7-8,12-13,15,23H,5-6,9-11H2,1H3,(H,18,24). The van der Waals surface area contributed by atoms with Crippen molar-refractivity contribution < 1.29 is 9.90 Å². The van der Waals surface area contributed by atoms with Crippen LogP contribution in [0.5, 0.6) is 0 Å². The van der Waals surface area contributed by atoms with Crippen molar-refractivity contribution in [3.05, 3.63) is 30.3 Å². The smallest absolute Gasteiger partial charge is 0.246 e. The number of carbonyl (C=O) groups is 1. The van der Waals surface area contributed by atoms with Gasteiger partial charge in [-0.15, -0.1) is 10.2 Å².